The molecule has 0 aliphatic carbocycles. The van der Waals surface area contributed by atoms with Crippen LogP contribution in [0.25, 0.3) is 0 Å². The lowest BCUT2D eigenvalue weighted by Gasteiger charge is -2.40. The van der Waals surface area contributed by atoms with Crippen molar-refractivity contribution in [3.63, 3.8) is 0 Å². The minimum Gasteiger partial charge on any atom is -0.369 e. The highest BCUT2D eigenvalue weighted by molar-refractivity contribution is 9.10. The van der Waals surface area contributed by atoms with Crippen molar-refractivity contribution in [2.75, 3.05) is 23.7 Å². The standard InChI is InChI=1S/C14H21BrN2S/c1-10(16)12-8-11(15)4-5-13(12)17-6-7-18-14(2,3)9-17/h4-5,8,10H,6-7,9,16H2,1-3H3. The third kappa shape index (κ3) is 3.22. The summed E-state index contributed by atoms with van der Waals surface area (Å²) in [7, 11) is 0. The molecule has 1 fully saturated rings. The van der Waals surface area contributed by atoms with E-state index in [-0.39, 0.29) is 6.04 Å². The quantitative estimate of drug-likeness (QED) is 0.895. The summed E-state index contributed by atoms with van der Waals surface area (Å²) in [5.74, 6) is 1.18. The van der Waals surface area contributed by atoms with Gasteiger partial charge in [0.15, 0.2) is 0 Å². The molecule has 0 aromatic heterocycles. The number of halogens is 1. The summed E-state index contributed by atoms with van der Waals surface area (Å²) >= 11 is 5.59. The minimum absolute atomic E-state index is 0.0650. The van der Waals surface area contributed by atoms with Gasteiger partial charge >= 0.3 is 0 Å². The molecule has 0 spiro atoms. The summed E-state index contributed by atoms with van der Waals surface area (Å²) in [5.41, 5.74) is 8.63. The summed E-state index contributed by atoms with van der Waals surface area (Å²) in [6.45, 7) is 8.87. The number of hydrogen-bond acceptors (Lipinski definition) is 3. The zero-order valence-electron chi connectivity index (χ0n) is 11.2. The Morgan fingerprint density at radius 1 is 1.44 bits per heavy atom. The summed E-state index contributed by atoms with van der Waals surface area (Å²) in [6, 6.07) is 6.51. The van der Waals surface area contributed by atoms with E-state index < -0.39 is 0 Å². The van der Waals surface area contributed by atoms with Gasteiger partial charge in [0.25, 0.3) is 0 Å². The second-order valence-corrected chi connectivity index (χ2v) is 8.24. The lowest BCUT2D eigenvalue weighted by Crippen LogP contribution is -2.43. The van der Waals surface area contributed by atoms with Gasteiger partial charge in [-0.2, -0.15) is 11.8 Å². The Morgan fingerprint density at radius 3 is 2.78 bits per heavy atom. The van der Waals surface area contributed by atoms with Crippen molar-refractivity contribution in [1.82, 2.24) is 0 Å². The molecule has 1 aromatic carbocycles. The van der Waals surface area contributed by atoms with Crippen LogP contribution in [0.5, 0.6) is 0 Å². The van der Waals surface area contributed by atoms with Crippen molar-refractivity contribution in [1.29, 1.82) is 0 Å². The maximum atomic E-state index is 6.10. The molecule has 1 aliphatic heterocycles. The Kier molecular flexibility index (Phi) is 4.29. The highest BCUT2D eigenvalue weighted by atomic mass is 79.9. The molecule has 2 N–H and O–H groups in total. The van der Waals surface area contributed by atoms with Crippen LogP contribution >= 0.6 is 27.7 Å². The second kappa shape index (κ2) is 5.43. The van der Waals surface area contributed by atoms with Gasteiger partial charge in [-0.1, -0.05) is 15.9 Å². The number of benzene rings is 1. The second-order valence-electron chi connectivity index (χ2n) is 5.52. The van der Waals surface area contributed by atoms with Gasteiger partial charge < -0.3 is 10.6 Å². The number of thioether (sulfide) groups is 1. The van der Waals surface area contributed by atoms with Gasteiger partial charge in [-0.15, -0.1) is 0 Å². The molecule has 4 heteroatoms. The van der Waals surface area contributed by atoms with Crippen LogP contribution in [0.1, 0.15) is 32.4 Å². The number of nitrogens with zero attached hydrogens (tertiary/aromatic N) is 1. The highest BCUT2D eigenvalue weighted by Gasteiger charge is 2.28. The predicted molar refractivity (Wildman–Crippen MR) is 85.5 cm³/mol. The van der Waals surface area contributed by atoms with Gasteiger partial charge in [0.2, 0.25) is 0 Å². The van der Waals surface area contributed by atoms with Crippen molar-refractivity contribution >= 4 is 33.4 Å². The number of anilines is 1. The van der Waals surface area contributed by atoms with Gasteiger partial charge in [0.05, 0.1) is 0 Å². The van der Waals surface area contributed by atoms with Crippen LogP contribution in [0, 0.1) is 0 Å². The van der Waals surface area contributed by atoms with Crippen molar-refractivity contribution in [3.8, 4) is 0 Å². The van der Waals surface area contributed by atoms with Gasteiger partial charge in [0, 0.05) is 39.8 Å². The van der Waals surface area contributed by atoms with Crippen molar-refractivity contribution in [2.24, 2.45) is 5.73 Å². The molecular weight excluding hydrogens is 308 g/mol. The maximum Gasteiger partial charge on any atom is 0.0416 e. The first-order chi connectivity index (χ1) is 8.39. The minimum atomic E-state index is 0.0650. The van der Waals surface area contributed by atoms with Gasteiger partial charge in [-0.25, -0.2) is 0 Å². The topological polar surface area (TPSA) is 29.3 Å². The Hall–Kier alpha value is -0.190. The van der Waals surface area contributed by atoms with Crippen LogP contribution in [0.2, 0.25) is 0 Å². The van der Waals surface area contributed by atoms with Gasteiger partial charge in [0.1, 0.15) is 0 Å². The molecule has 1 unspecified atom stereocenters. The van der Waals surface area contributed by atoms with E-state index in [9.17, 15) is 0 Å². The van der Waals surface area contributed by atoms with Crippen LogP contribution in [-0.4, -0.2) is 23.6 Å². The van der Waals surface area contributed by atoms with E-state index in [4.69, 9.17) is 5.73 Å². The summed E-state index contributed by atoms with van der Waals surface area (Å²) in [4.78, 5) is 2.47. The Labute approximate surface area is 122 Å². The first-order valence-electron chi connectivity index (χ1n) is 6.33. The molecular formula is C14H21BrN2S. The fourth-order valence-corrected chi connectivity index (χ4v) is 3.89. The first kappa shape index (κ1) is 14.2. The molecule has 1 heterocycles. The maximum absolute atomic E-state index is 6.10. The molecule has 1 aliphatic rings. The molecule has 0 amide bonds. The van der Waals surface area contributed by atoms with Gasteiger partial charge in [-0.3, -0.25) is 0 Å². The van der Waals surface area contributed by atoms with Crippen LogP contribution < -0.4 is 10.6 Å². The average Bonchev–Trinajstić information content (AvgIpc) is 2.27. The Bertz CT molecular complexity index is 432. The van der Waals surface area contributed by atoms with Crippen molar-refractivity contribution in [2.45, 2.75) is 31.6 Å². The normalized spacial score (nSPS) is 20.8. The Balaban J connectivity index is 2.32. The Morgan fingerprint density at radius 2 is 2.17 bits per heavy atom. The summed E-state index contributed by atoms with van der Waals surface area (Å²) in [5, 5.41) is 0. The zero-order valence-corrected chi connectivity index (χ0v) is 13.6. The molecule has 2 rings (SSSR count). The SMILES string of the molecule is CC(N)c1cc(Br)ccc1N1CCSC(C)(C)C1. The fraction of sp³-hybridized carbons (Fsp3) is 0.571. The smallest absolute Gasteiger partial charge is 0.0416 e. The number of hydrogen-bond donors (Lipinski definition) is 1. The van der Waals surface area contributed by atoms with Crippen molar-refractivity contribution in [3.05, 3.63) is 28.2 Å². The number of nitrogens with two attached hydrogens (primary N) is 1. The van der Waals surface area contributed by atoms with Crippen molar-refractivity contribution < 1.29 is 0 Å². The van der Waals surface area contributed by atoms with E-state index in [0.717, 1.165) is 17.6 Å². The molecule has 1 aromatic rings. The van der Waals surface area contributed by atoms with E-state index >= 15 is 0 Å². The molecule has 2 nitrogen and oxygen atoms in total. The highest BCUT2D eigenvalue weighted by Crippen LogP contribution is 2.35. The monoisotopic (exact) mass is 328 g/mol. The zero-order chi connectivity index (χ0) is 13.3. The van der Waals surface area contributed by atoms with Crippen LogP contribution in [0.3, 0.4) is 0 Å². The van der Waals surface area contributed by atoms with E-state index in [1.54, 1.807) is 0 Å². The van der Waals surface area contributed by atoms with E-state index in [1.807, 2.05) is 0 Å². The summed E-state index contributed by atoms with van der Waals surface area (Å²) < 4.78 is 1.42. The van der Waals surface area contributed by atoms with E-state index in [2.05, 4.69) is 71.6 Å². The van der Waals surface area contributed by atoms with E-state index in [0.29, 0.717) is 4.75 Å². The molecule has 1 saturated heterocycles. The lowest BCUT2D eigenvalue weighted by atomic mass is 10.0. The molecule has 100 valence electrons. The van der Waals surface area contributed by atoms with Crippen LogP contribution in [0.15, 0.2) is 22.7 Å². The summed E-state index contributed by atoms with van der Waals surface area (Å²) in [6.07, 6.45) is 0. The molecule has 0 saturated carbocycles. The van der Waals surface area contributed by atoms with Gasteiger partial charge in [-0.05, 0) is 44.5 Å². The van der Waals surface area contributed by atoms with Crippen LogP contribution in [0.4, 0.5) is 5.69 Å². The third-order valence-electron chi connectivity index (χ3n) is 3.25. The predicted octanol–water partition coefficient (Wildman–Crippen LogP) is 3.80. The fourth-order valence-electron chi connectivity index (χ4n) is 2.40. The lowest BCUT2D eigenvalue weighted by molar-refractivity contribution is 0.642. The molecule has 1 atom stereocenters. The molecule has 0 bridgehead atoms. The number of rotatable bonds is 2. The molecule has 18 heavy (non-hydrogen) atoms. The van der Waals surface area contributed by atoms with E-state index in [1.165, 1.54) is 17.0 Å². The molecule has 0 radical (unpaired) electrons. The first-order valence-corrected chi connectivity index (χ1v) is 8.11. The third-order valence-corrected chi connectivity index (χ3v) is 5.04. The van der Waals surface area contributed by atoms with Crippen LogP contribution in [-0.2, 0) is 0 Å². The largest absolute Gasteiger partial charge is 0.369 e. The average molecular weight is 329 g/mol.